The minimum Gasteiger partial charge on any atom is -0.480 e. The quantitative estimate of drug-likeness (QED) is 0.665. The van der Waals surface area contributed by atoms with Gasteiger partial charge in [0.25, 0.3) is 0 Å². The fraction of sp³-hybridized carbons (Fsp3) is 0.867. The van der Waals surface area contributed by atoms with E-state index in [1.54, 1.807) is 0 Å². The van der Waals surface area contributed by atoms with Gasteiger partial charge in [0.15, 0.2) is 0 Å². The summed E-state index contributed by atoms with van der Waals surface area (Å²) in [4.78, 5) is 25.3. The van der Waals surface area contributed by atoms with Crippen molar-refractivity contribution in [3.05, 3.63) is 0 Å². The average Bonchev–Trinajstić information content (AvgIpc) is 2.44. The molecule has 0 aromatic carbocycles. The Bertz CT molecular complexity index is 339. The lowest BCUT2D eigenvalue weighted by atomic mass is 9.97. The van der Waals surface area contributed by atoms with Gasteiger partial charge in [0, 0.05) is 6.54 Å². The second kappa shape index (κ2) is 8.87. The molecule has 1 fully saturated rings. The lowest BCUT2D eigenvalue weighted by Crippen LogP contribution is -2.48. The Balaban J connectivity index is 2.28. The standard InChI is InChI=1S/C15H29N3O3/c1-4-18-7-5-12(6-8-18)10-16-15(21)17-13(14(19)20)9-11(2)3/h11-13H,4-10H2,1-3H3,(H,19,20)(H2,16,17,21). The summed E-state index contributed by atoms with van der Waals surface area (Å²) in [6.07, 6.45) is 2.61. The maximum atomic E-state index is 11.8. The predicted octanol–water partition coefficient (Wildman–Crippen LogP) is 1.52. The molecule has 0 aliphatic carbocycles. The summed E-state index contributed by atoms with van der Waals surface area (Å²) in [5.41, 5.74) is 0. The molecule has 0 aromatic rings. The fourth-order valence-corrected chi connectivity index (χ4v) is 2.65. The molecule has 6 nitrogen and oxygen atoms in total. The molecule has 1 aliphatic rings. The third-order valence-electron chi connectivity index (χ3n) is 4.02. The van der Waals surface area contributed by atoms with Gasteiger partial charge in [0.05, 0.1) is 0 Å². The van der Waals surface area contributed by atoms with Crippen molar-refractivity contribution in [3.8, 4) is 0 Å². The monoisotopic (exact) mass is 299 g/mol. The third-order valence-corrected chi connectivity index (χ3v) is 4.02. The summed E-state index contributed by atoms with van der Waals surface area (Å²) < 4.78 is 0. The molecular formula is C15H29N3O3. The average molecular weight is 299 g/mol. The Morgan fingerprint density at radius 1 is 1.29 bits per heavy atom. The molecular weight excluding hydrogens is 270 g/mol. The largest absolute Gasteiger partial charge is 0.480 e. The van der Waals surface area contributed by atoms with Crippen LogP contribution in [0.2, 0.25) is 0 Å². The van der Waals surface area contributed by atoms with E-state index >= 15 is 0 Å². The molecule has 3 N–H and O–H groups in total. The fourth-order valence-electron chi connectivity index (χ4n) is 2.65. The van der Waals surface area contributed by atoms with E-state index in [1.165, 1.54) is 0 Å². The first-order chi connectivity index (χ1) is 9.92. The molecule has 6 heteroatoms. The number of rotatable bonds is 7. The number of carboxylic acids is 1. The van der Waals surface area contributed by atoms with Gasteiger partial charge in [-0.15, -0.1) is 0 Å². The summed E-state index contributed by atoms with van der Waals surface area (Å²) in [6, 6.07) is -1.19. The molecule has 0 spiro atoms. The third kappa shape index (κ3) is 6.80. The molecule has 2 amide bonds. The van der Waals surface area contributed by atoms with Crippen molar-refractivity contribution in [2.75, 3.05) is 26.2 Å². The zero-order chi connectivity index (χ0) is 15.8. The lowest BCUT2D eigenvalue weighted by molar-refractivity contribution is -0.139. The predicted molar refractivity (Wildman–Crippen MR) is 82.3 cm³/mol. The molecule has 1 unspecified atom stereocenters. The maximum absolute atomic E-state index is 11.8. The van der Waals surface area contributed by atoms with Crippen LogP contribution in [0.15, 0.2) is 0 Å². The number of piperidine rings is 1. The van der Waals surface area contributed by atoms with Gasteiger partial charge in [0.2, 0.25) is 0 Å². The number of nitrogens with zero attached hydrogens (tertiary/aromatic N) is 1. The highest BCUT2D eigenvalue weighted by atomic mass is 16.4. The van der Waals surface area contributed by atoms with Crippen molar-refractivity contribution >= 4 is 12.0 Å². The van der Waals surface area contributed by atoms with Gasteiger partial charge < -0.3 is 20.6 Å². The first kappa shape index (κ1) is 17.8. The van der Waals surface area contributed by atoms with E-state index in [4.69, 9.17) is 5.11 Å². The highest BCUT2D eigenvalue weighted by molar-refractivity contribution is 5.82. The minimum absolute atomic E-state index is 0.227. The number of amides is 2. The number of carbonyl (C=O) groups excluding carboxylic acids is 1. The Hall–Kier alpha value is -1.30. The summed E-state index contributed by atoms with van der Waals surface area (Å²) in [5.74, 6) is -0.258. The summed E-state index contributed by atoms with van der Waals surface area (Å²) in [7, 11) is 0. The Kier molecular flexibility index (Phi) is 7.50. The molecule has 0 aromatic heterocycles. The van der Waals surface area contributed by atoms with Crippen molar-refractivity contribution in [1.29, 1.82) is 0 Å². The van der Waals surface area contributed by atoms with Gasteiger partial charge in [-0.1, -0.05) is 20.8 Å². The Labute approximate surface area is 127 Å². The molecule has 1 atom stereocenters. The van der Waals surface area contributed by atoms with E-state index in [2.05, 4.69) is 22.5 Å². The number of hydrogen-bond acceptors (Lipinski definition) is 3. The van der Waals surface area contributed by atoms with Crippen LogP contribution in [-0.2, 0) is 4.79 Å². The molecule has 0 saturated carbocycles. The Morgan fingerprint density at radius 2 is 1.90 bits per heavy atom. The van der Waals surface area contributed by atoms with Crippen molar-refractivity contribution in [3.63, 3.8) is 0 Å². The van der Waals surface area contributed by atoms with Gasteiger partial charge >= 0.3 is 12.0 Å². The highest BCUT2D eigenvalue weighted by Gasteiger charge is 2.22. The molecule has 1 rings (SSSR count). The van der Waals surface area contributed by atoms with Crippen LogP contribution in [0.1, 0.15) is 40.0 Å². The van der Waals surface area contributed by atoms with Gasteiger partial charge in [0.1, 0.15) is 6.04 Å². The zero-order valence-electron chi connectivity index (χ0n) is 13.4. The van der Waals surface area contributed by atoms with E-state index in [9.17, 15) is 9.59 Å². The molecule has 0 radical (unpaired) electrons. The van der Waals surface area contributed by atoms with Crippen molar-refractivity contribution in [1.82, 2.24) is 15.5 Å². The van der Waals surface area contributed by atoms with Crippen LogP contribution in [0.3, 0.4) is 0 Å². The van der Waals surface area contributed by atoms with E-state index in [1.807, 2.05) is 13.8 Å². The van der Waals surface area contributed by atoms with Gasteiger partial charge in [-0.05, 0) is 50.7 Å². The number of carboxylic acid groups (broad SMARTS) is 1. The second-order valence-corrected chi connectivity index (χ2v) is 6.25. The van der Waals surface area contributed by atoms with E-state index in [-0.39, 0.29) is 11.9 Å². The number of likely N-dealkylation sites (tertiary alicyclic amines) is 1. The number of nitrogens with one attached hydrogen (secondary N) is 2. The molecule has 1 aliphatic heterocycles. The van der Waals surface area contributed by atoms with Crippen molar-refractivity contribution < 1.29 is 14.7 Å². The number of aliphatic carboxylic acids is 1. The summed E-state index contributed by atoms with van der Waals surface area (Å²) >= 11 is 0. The number of carbonyl (C=O) groups is 2. The lowest BCUT2D eigenvalue weighted by Gasteiger charge is -2.31. The summed E-state index contributed by atoms with van der Waals surface area (Å²) in [5, 5.41) is 14.5. The smallest absolute Gasteiger partial charge is 0.326 e. The second-order valence-electron chi connectivity index (χ2n) is 6.25. The normalized spacial score (nSPS) is 18.5. The zero-order valence-corrected chi connectivity index (χ0v) is 13.4. The van der Waals surface area contributed by atoms with Crippen LogP contribution in [-0.4, -0.2) is 54.2 Å². The van der Waals surface area contributed by atoms with Crippen LogP contribution >= 0.6 is 0 Å². The van der Waals surface area contributed by atoms with E-state index in [0.29, 0.717) is 18.9 Å². The molecule has 1 saturated heterocycles. The van der Waals surface area contributed by atoms with Gasteiger partial charge in [-0.3, -0.25) is 0 Å². The first-order valence-corrected chi connectivity index (χ1v) is 7.91. The van der Waals surface area contributed by atoms with Crippen LogP contribution in [0.5, 0.6) is 0 Å². The molecule has 0 bridgehead atoms. The SMILES string of the molecule is CCN1CCC(CNC(=O)NC(CC(C)C)C(=O)O)CC1. The van der Waals surface area contributed by atoms with Crippen LogP contribution in [0.4, 0.5) is 4.79 Å². The minimum atomic E-state index is -0.977. The van der Waals surface area contributed by atoms with Crippen LogP contribution < -0.4 is 10.6 Å². The highest BCUT2D eigenvalue weighted by Crippen LogP contribution is 2.15. The van der Waals surface area contributed by atoms with E-state index in [0.717, 1.165) is 32.5 Å². The van der Waals surface area contributed by atoms with E-state index < -0.39 is 12.0 Å². The number of hydrogen-bond donors (Lipinski definition) is 3. The van der Waals surface area contributed by atoms with Gasteiger partial charge in [-0.25, -0.2) is 9.59 Å². The van der Waals surface area contributed by atoms with Gasteiger partial charge in [-0.2, -0.15) is 0 Å². The molecule has 1 heterocycles. The Morgan fingerprint density at radius 3 is 2.38 bits per heavy atom. The topological polar surface area (TPSA) is 81.7 Å². The number of urea groups is 1. The van der Waals surface area contributed by atoms with Crippen LogP contribution in [0, 0.1) is 11.8 Å². The maximum Gasteiger partial charge on any atom is 0.326 e. The van der Waals surface area contributed by atoms with Crippen LogP contribution in [0.25, 0.3) is 0 Å². The molecule has 122 valence electrons. The molecule has 21 heavy (non-hydrogen) atoms. The summed E-state index contributed by atoms with van der Waals surface area (Å²) in [6.45, 7) is 9.90. The first-order valence-electron chi connectivity index (χ1n) is 7.91. The van der Waals surface area contributed by atoms with Crippen molar-refractivity contribution in [2.45, 2.75) is 46.1 Å². The van der Waals surface area contributed by atoms with Crippen molar-refractivity contribution in [2.24, 2.45) is 11.8 Å².